The molecule has 0 saturated heterocycles. The molecule has 0 aliphatic rings. The summed E-state index contributed by atoms with van der Waals surface area (Å²) in [6.07, 6.45) is 1.03. The van der Waals surface area contributed by atoms with Gasteiger partial charge in [0.05, 0.1) is 0 Å². The summed E-state index contributed by atoms with van der Waals surface area (Å²) in [5.74, 6) is 0.661. The van der Waals surface area contributed by atoms with E-state index < -0.39 is 0 Å². The van der Waals surface area contributed by atoms with Gasteiger partial charge in [0.15, 0.2) is 5.82 Å². The molecule has 0 bridgehead atoms. The molecule has 1 unspecified atom stereocenters. The van der Waals surface area contributed by atoms with Crippen LogP contribution < -0.4 is 5.73 Å². The Morgan fingerprint density at radius 3 is 2.79 bits per heavy atom. The van der Waals surface area contributed by atoms with Crippen molar-refractivity contribution in [3.8, 4) is 11.4 Å². The summed E-state index contributed by atoms with van der Waals surface area (Å²) in [6, 6.07) is 3.13. The second-order valence-corrected chi connectivity index (χ2v) is 4.87. The number of aromatic nitrogens is 4. The van der Waals surface area contributed by atoms with Gasteiger partial charge in [0, 0.05) is 23.4 Å². The van der Waals surface area contributed by atoms with E-state index in [1.165, 1.54) is 6.07 Å². The Bertz CT molecular complexity index is 555. The number of halogens is 1. The van der Waals surface area contributed by atoms with E-state index in [0.29, 0.717) is 35.1 Å². The highest BCUT2D eigenvalue weighted by Gasteiger charge is 2.14. The van der Waals surface area contributed by atoms with Gasteiger partial charge in [-0.2, -0.15) is 0 Å². The van der Waals surface area contributed by atoms with E-state index in [1.807, 2.05) is 0 Å². The molecule has 19 heavy (non-hydrogen) atoms. The number of rotatable bonds is 4. The van der Waals surface area contributed by atoms with Crippen molar-refractivity contribution in [2.24, 2.45) is 5.92 Å². The average Bonchev–Trinajstić information content (AvgIpc) is 2.83. The van der Waals surface area contributed by atoms with Crippen LogP contribution in [0.15, 0.2) is 12.1 Å². The fourth-order valence-corrected chi connectivity index (χ4v) is 1.79. The quantitative estimate of drug-likeness (QED) is 0.860. The van der Waals surface area contributed by atoms with Crippen LogP contribution in [0, 0.1) is 18.7 Å². The molecule has 0 aliphatic heterocycles. The van der Waals surface area contributed by atoms with E-state index in [-0.39, 0.29) is 5.82 Å². The van der Waals surface area contributed by atoms with E-state index in [1.54, 1.807) is 17.7 Å². The Balaban J connectivity index is 2.40. The molecule has 0 spiro atoms. The third kappa shape index (κ3) is 2.72. The van der Waals surface area contributed by atoms with Gasteiger partial charge >= 0.3 is 0 Å². The second kappa shape index (κ2) is 5.34. The molecule has 0 radical (unpaired) electrons. The minimum Gasteiger partial charge on any atom is -0.398 e. The first-order valence-corrected chi connectivity index (χ1v) is 6.35. The van der Waals surface area contributed by atoms with Crippen LogP contribution in [0.1, 0.15) is 25.8 Å². The summed E-state index contributed by atoms with van der Waals surface area (Å²) in [4.78, 5) is 0. The molecule has 2 aromatic rings. The van der Waals surface area contributed by atoms with Crippen LogP contribution in [0.4, 0.5) is 10.1 Å². The Hall–Kier alpha value is -1.98. The lowest BCUT2D eigenvalue weighted by Crippen LogP contribution is -2.10. The van der Waals surface area contributed by atoms with Gasteiger partial charge in [-0.3, -0.25) is 0 Å². The molecule has 2 N–H and O–H groups in total. The Morgan fingerprint density at radius 1 is 1.42 bits per heavy atom. The number of anilines is 1. The second-order valence-electron chi connectivity index (χ2n) is 4.87. The number of nitrogen functional groups attached to an aromatic ring is 1. The fourth-order valence-electron chi connectivity index (χ4n) is 1.79. The predicted molar refractivity (Wildman–Crippen MR) is 71.8 cm³/mol. The van der Waals surface area contributed by atoms with Gasteiger partial charge in [0.1, 0.15) is 5.82 Å². The summed E-state index contributed by atoms with van der Waals surface area (Å²) >= 11 is 0. The molecule has 2 rings (SSSR count). The highest BCUT2D eigenvalue weighted by atomic mass is 19.1. The number of hydrogen-bond donors (Lipinski definition) is 1. The lowest BCUT2D eigenvalue weighted by molar-refractivity contribution is 0.434. The van der Waals surface area contributed by atoms with Gasteiger partial charge in [0.25, 0.3) is 0 Å². The van der Waals surface area contributed by atoms with Gasteiger partial charge in [-0.25, -0.2) is 9.07 Å². The molecule has 1 aromatic carbocycles. The molecule has 5 nitrogen and oxygen atoms in total. The standard InChI is InChI=1S/C13H18FN5/c1-4-8(2)7-19-13(16-17-18-19)10-5-11(14)9(3)12(15)6-10/h5-6,8H,4,7,15H2,1-3H3. The first-order valence-electron chi connectivity index (χ1n) is 6.35. The predicted octanol–water partition coefficient (Wildman–Crippen LogP) is 2.42. The third-order valence-corrected chi connectivity index (χ3v) is 3.36. The molecule has 1 heterocycles. The monoisotopic (exact) mass is 263 g/mol. The van der Waals surface area contributed by atoms with Crippen LogP contribution in [0.25, 0.3) is 11.4 Å². The minimum atomic E-state index is -0.340. The van der Waals surface area contributed by atoms with E-state index in [4.69, 9.17) is 5.73 Å². The number of benzene rings is 1. The van der Waals surface area contributed by atoms with Crippen molar-refractivity contribution in [3.63, 3.8) is 0 Å². The van der Waals surface area contributed by atoms with Crippen molar-refractivity contribution in [1.82, 2.24) is 20.2 Å². The number of tetrazole rings is 1. The highest BCUT2D eigenvalue weighted by Crippen LogP contribution is 2.24. The molecule has 1 atom stereocenters. The Labute approximate surface area is 111 Å². The van der Waals surface area contributed by atoms with E-state index in [9.17, 15) is 4.39 Å². The first kappa shape index (κ1) is 13.5. The summed E-state index contributed by atoms with van der Waals surface area (Å²) in [5, 5.41) is 11.6. The van der Waals surface area contributed by atoms with Gasteiger partial charge in [0.2, 0.25) is 0 Å². The first-order chi connectivity index (χ1) is 9.02. The lowest BCUT2D eigenvalue weighted by Gasteiger charge is -2.10. The lowest BCUT2D eigenvalue weighted by atomic mass is 10.1. The van der Waals surface area contributed by atoms with Crippen LogP contribution >= 0.6 is 0 Å². The number of nitrogens with two attached hydrogens (primary N) is 1. The molecule has 0 fully saturated rings. The summed E-state index contributed by atoms with van der Waals surface area (Å²) in [5.41, 5.74) is 7.25. The van der Waals surface area contributed by atoms with Crippen molar-refractivity contribution >= 4 is 5.69 Å². The van der Waals surface area contributed by atoms with Gasteiger partial charge in [-0.1, -0.05) is 20.3 Å². The third-order valence-electron chi connectivity index (χ3n) is 3.36. The highest BCUT2D eigenvalue weighted by molar-refractivity contribution is 5.63. The van der Waals surface area contributed by atoms with Crippen LogP contribution in [-0.2, 0) is 6.54 Å². The Kier molecular flexibility index (Phi) is 3.78. The van der Waals surface area contributed by atoms with Crippen molar-refractivity contribution in [2.75, 3.05) is 5.73 Å². The molecule has 102 valence electrons. The van der Waals surface area contributed by atoms with Crippen molar-refractivity contribution < 1.29 is 4.39 Å². The summed E-state index contributed by atoms with van der Waals surface area (Å²) < 4.78 is 15.4. The zero-order chi connectivity index (χ0) is 14.0. The molecule has 0 aliphatic carbocycles. The smallest absolute Gasteiger partial charge is 0.182 e. The van der Waals surface area contributed by atoms with Gasteiger partial charge in [-0.05, 0) is 35.4 Å². The summed E-state index contributed by atoms with van der Waals surface area (Å²) in [6.45, 7) is 6.58. The zero-order valence-corrected chi connectivity index (χ0v) is 11.4. The maximum absolute atomic E-state index is 13.7. The maximum Gasteiger partial charge on any atom is 0.182 e. The van der Waals surface area contributed by atoms with E-state index in [0.717, 1.165) is 6.42 Å². The topological polar surface area (TPSA) is 69.6 Å². The SMILES string of the molecule is CCC(C)Cn1nnnc1-c1cc(N)c(C)c(F)c1. The van der Waals surface area contributed by atoms with Crippen LogP contribution in [0.3, 0.4) is 0 Å². The van der Waals surface area contributed by atoms with Crippen LogP contribution in [-0.4, -0.2) is 20.2 Å². The van der Waals surface area contributed by atoms with Gasteiger partial charge < -0.3 is 5.73 Å². The number of nitrogens with zero attached hydrogens (tertiary/aromatic N) is 4. The van der Waals surface area contributed by atoms with Gasteiger partial charge in [-0.15, -0.1) is 5.10 Å². The zero-order valence-electron chi connectivity index (χ0n) is 11.4. The largest absolute Gasteiger partial charge is 0.398 e. The normalized spacial score (nSPS) is 12.6. The van der Waals surface area contributed by atoms with Crippen molar-refractivity contribution in [2.45, 2.75) is 33.7 Å². The van der Waals surface area contributed by atoms with Crippen LogP contribution in [0.2, 0.25) is 0 Å². The Morgan fingerprint density at radius 2 is 2.16 bits per heavy atom. The average molecular weight is 263 g/mol. The minimum absolute atomic E-state index is 0.340. The fraction of sp³-hybridized carbons (Fsp3) is 0.462. The van der Waals surface area contributed by atoms with Crippen molar-refractivity contribution in [1.29, 1.82) is 0 Å². The molecule has 0 amide bonds. The molecular formula is C13H18FN5. The maximum atomic E-state index is 13.7. The van der Waals surface area contributed by atoms with Crippen molar-refractivity contribution in [3.05, 3.63) is 23.5 Å². The van der Waals surface area contributed by atoms with Crippen LogP contribution in [0.5, 0.6) is 0 Å². The van der Waals surface area contributed by atoms with E-state index >= 15 is 0 Å². The molecule has 0 saturated carbocycles. The molecular weight excluding hydrogens is 245 g/mol. The summed E-state index contributed by atoms with van der Waals surface area (Å²) in [7, 11) is 0. The van der Waals surface area contributed by atoms with E-state index in [2.05, 4.69) is 29.4 Å². The number of hydrogen-bond acceptors (Lipinski definition) is 4. The molecule has 6 heteroatoms. The molecule has 1 aromatic heterocycles.